The average molecular weight is 286 g/mol. The smallest absolute Gasteiger partial charge is 0.282 e. The molecule has 2 rings (SSSR count). The van der Waals surface area contributed by atoms with E-state index in [1.807, 2.05) is 0 Å². The zero-order chi connectivity index (χ0) is 15.6. The Morgan fingerprint density at radius 3 is 2.33 bits per heavy atom. The molecule has 108 valence electrons. The number of phenols is 1. The van der Waals surface area contributed by atoms with Crippen molar-refractivity contribution in [1.82, 2.24) is 0 Å². The second kappa shape index (κ2) is 5.64. The van der Waals surface area contributed by atoms with E-state index in [2.05, 4.69) is 0 Å². The summed E-state index contributed by atoms with van der Waals surface area (Å²) in [5, 5.41) is 20.1. The van der Waals surface area contributed by atoms with Gasteiger partial charge in [-0.25, -0.2) is 0 Å². The van der Waals surface area contributed by atoms with E-state index in [1.54, 1.807) is 25.1 Å². The lowest BCUT2D eigenvalue weighted by atomic mass is 10.1. The lowest BCUT2D eigenvalue weighted by Crippen LogP contribution is -2.29. The van der Waals surface area contributed by atoms with Gasteiger partial charge in [-0.3, -0.25) is 14.8 Å². The minimum Gasteiger partial charge on any atom is -0.506 e. The maximum Gasteiger partial charge on any atom is 0.282 e. The fourth-order valence-corrected chi connectivity index (χ4v) is 1.91. The van der Waals surface area contributed by atoms with Crippen molar-refractivity contribution in [2.24, 2.45) is 5.73 Å². The van der Waals surface area contributed by atoms with Crippen molar-refractivity contribution in [1.29, 1.82) is 0 Å². The number of aromatic hydroxyl groups is 1. The third kappa shape index (κ3) is 2.85. The van der Waals surface area contributed by atoms with E-state index < -0.39 is 11.8 Å². The van der Waals surface area contributed by atoms with Gasteiger partial charge >= 0.3 is 0 Å². The van der Waals surface area contributed by atoms with Crippen LogP contribution < -0.4 is 10.8 Å². The van der Waals surface area contributed by atoms with Gasteiger partial charge in [0.1, 0.15) is 11.4 Å². The fourth-order valence-electron chi connectivity index (χ4n) is 1.91. The van der Waals surface area contributed by atoms with Crippen molar-refractivity contribution >= 4 is 17.5 Å². The molecule has 0 heterocycles. The molecule has 21 heavy (non-hydrogen) atoms. The Hall–Kier alpha value is -2.86. The Bertz CT molecular complexity index is 713. The van der Waals surface area contributed by atoms with Crippen LogP contribution in [0.4, 0.5) is 5.69 Å². The first-order chi connectivity index (χ1) is 9.91. The van der Waals surface area contributed by atoms with Gasteiger partial charge in [-0.15, -0.1) is 0 Å². The maximum atomic E-state index is 12.3. The Labute approximate surface area is 121 Å². The van der Waals surface area contributed by atoms with Gasteiger partial charge in [0.15, 0.2) is 0 Å². The monoisotopic (exact) mass is 286 g/mol. The topological polar surface area (TPSA) is 104 Å². The molecule has 2 aromatic rings. The van der Waals surface area contributed by atoms with Crippen LogP contribution in [0.1, 0.15) is 26.3 Å². The predicted molar refractivity (Wildman–Crippen MR) is 76.4 cm³/mol. The molecular weight excluding hydrogens is 272 g/mol. The lowest BCUT2D eigenvalue weighted by Gasteiger charge is -2.17. The molecule has 2 amide bonds. The molecule has 0 atom stereocenters. The van der Waals surface area contributed by atoms with Crippen molar-refractivity contribution in [3.63, 3.8) is 0 Å². The number of hydroxylamine groups is 1. The summed E-state index contributed by atoms with van der Waals surface area (Å²) in [6.07, 6.45) is 0. The minimum atomic E-state index is -0.856. The number of anilines is 1. The van der Waals surface area contributed by atoms with Crippen LogP contribution in [0.3, 0.4) is 0 Å². The Balaban J connectivity index is 2.45. The zero-order valence-electron chi connectivity index (χ0n) is 11.3. The van der Waals surface area contributed by atoms with Gasteiger partial charge in [0.2, 0.25) is 5.91 Å². The number of primary amides is 1. The molecule has 0 unspecified atom stereocenters. The van der Waals surface area contributed by atoms with Crippen LogP contribution in [0.5, 0.6) is 5.75 Å². The second-order valence-corrected chi connectivity index (χ2v) is 4.52. The summed E-state index contributed by atoms with van der Waals surface area (Å²) in [5.74, 6) is -1.89. The van der Waals surface area contributed by atoms with Crippen LogP contribution in [0.15, 0.2) is 42.5 Å². The number of nitrogens with two attached hydrogens (primary N) is 1. The summed E-state index contributed by atoms with van der Waals surface area (Å²) < 4.78 is 0. The quantitative estimate of drug-likeness (QED) is 0.591. The predicted octanol–water partition coefficient (Wildman–Crippen LogP) is 1.84. The first kappa shape index (κ1) is 14.5. The standard InChI is InChI=1S/C15H14N2O4/c1-9-6-7-13(18)12(8-9)17(21)15(20)11-5-3-2-4-10(11)14(16)19/h2-8,18,21H,1H3,(H2,16,19). The van der Waals surface area contributed by atoms with Crippen LogP contribution in [-0.4, -0.2) is 22.1 Å². The summed E-state index contributed by atoms with van der Waals surface area (Å²) >= 11 is 0. The summed E-state index contributed by atoms with van der Waals surface area (Å²) in [4.78, 5) is 23.6. The van der Waals surface area contributed by atoms with E-state index in [4.69, 9.17) is 5.73 Å². The van der Waals surface area contributed by atoms with Gasteiger partial charge in [-0.1, -0.05) is 18.2 Å². The molecule has 0 aromatic heterocycles. The summed E-state index contributed by atoms with van der Waals surface area (Å²) in [7, 11) is 0. The molecule has 0 aliphatic carbocycles. The van der Waals surface area contributed by atoms with E-state index in [0.717, 1.165) is 5.56 Å². The first-order valence-corrected chi connectivity index (χ1v) is 6.13. The number of carbonyl (C=O) groups is 2. The number of phenolic OH excluding ortho intramolecular Hbond substituents is 1. The highest BCUT2D eigenvalue weighted by atomic mass is 16.5. The second-order valence-electron chi connectivity index (χ2n) is 4.52. The number of benzene rings is 2. The number of carbonyl (C=O) groups excluding carboxylic acids is 2. The average Bonchev–Trinajstić information content (AvgIpc) is 2.48. The van der Waals surface area contributed by atoms with Crippen LogP contribution in [0, 0.1) is 6.92 Å². The molecule has 4 N–H and O–H groups in total. The largest absolute Gasteiger partial charge is 0.506 e. The molecular formula is C15H14N2O4. The Morgan fingerprint density at radius 1 is 1.10 bits per heavy atom. The molecule has 6 heteroatoms. The van der Waals surface area contributed by atoms with Gasteiger partial charge < -0.3 is 10.8 Å². The molecule has 0 saturated heterocycles. The van der Waals surface area contributed by atoms with E-state index in [9.17, 15) is 19.9 Å². The highest BCUT2D eigenvalue weighted by Gasteiger charge is 2.22. The normalized spacial score (nSPS) is 10.2. The van der Waals surface area contributed by atoms with Crippen molar-refractivity contribution in [3.05, 3.63) is 59.2 Å². The van der Waals surface area contributed by atoms with Gasteiger partial charge in [-0.2, -0.15) is 5.06 Å². The van der Waals surface area contributed by atoms with Crippen LogP contribution in [0.25, 0.3) is 0 Å². The Morgan fingerprint density at radius 2 is 1.71 bits per heavy atom. The summed E-state index contributed by atoms with van der Waals surface area (Å²) in [5.41, 5.74) is 5.83. The van der Waals surface area contributed by atoms with Crippen LogP contribution in [-0.2, 0) is 0 Å². The minimum absolute atomic E-state index is 0.00584. The molecule has 0 saturated carbocycles. The van der Waals surface area contributed by atoms with Crippen LogP contribution in [0.2, 0.25) is 0 Å². The number of nitrogens with zero attached hydrogens (tertiary/aromatic N) is 1. The van der Waals surface area contributed by atoms with Gasteiger partial charge in [0, 0.05) is 0 Å². The van der Waals surface area contributed by atoms with Crippen molar-refractivity contribution in [2.75, 3.05) is 5.06 Å². The van der Waals surface area contributed by atoms with Crippen molar-refractivity contribution in [3.8, 4) is 5.75 Å². The van der Waals surface area contributed by atoms with Crippen LogP contribution >= 0.6 is 0 Å². The summed E-state index contributed by atoms with van der Waals surface area (Å²) in [6, 6.07) is 10.3. The number of rotatable bonds is 3. The highest BCUT2D eigenvalue weighted by molar-refractivity contribution is 6.12. The highest BCUT2D eigenvalue weighted by Crippen LogP contribution is 2.28. The molecule has 2 aromatic carbocycles. The first-order valence-electron chi connectivity index (χ1n) is 6.13. The lowest BCUT2D eigenvalue weighted by molar-refractivity contribution is 0.0845. The fraction of sp³-hybridized carbons (Fsp3) is 0.0667. The van der Waals surface area contributed by atoms with E-state index in [0.29, 0.717) is 5.06 Å². The van der Waals surface area contributed by atoms with Gasteiger partial charge in [-0.05, 0) is 36.8 Å². The molecule has 0 aliphatic rings. The SMILES string of the molecule is Cc1ccc(O)c(N(O)C(=O)c2ccccc2C(N)=O)c1. The number of hydrogen-bond acceptors (Lipinski definition) is 4. The maximum absolute atomic E-state index is 12.3. The third-order valence-corrected chi connectivity index (χ3v) is 2.97. The number of aryl methyl sites for hydroxylation is 1. The van der Waals surface area contributed by atoms with E-state index in [1.165, 1.54) is 24.3 Å². The molecule has 6 nitrogen and oxygen atoms in total. The van der Waals surface area contributed by atoms with E-state index in [-0.39, 0.29) is 22.6 Å². The zero-order valence-corrected chi connectivity index (χ0v) is 11.3. The molecule has 0 bridgehead atoms. The van der Waals surface area contributed by atoms with Gasteiger partial charge in [0.05, 0.1) is 11.1 Å². The molecule has 0 radical (unpaired) electrons. The third-order valence-electron chi connectivity index (χ3n) is 2.97. The van der Waals surface area contributed by atoms with Crippen molar-refractivity contribution < 1.29 is 19.9 Å². The summed E-state index contributed by atoms with van der Waals surface area (Å²) in [6.45, 7) is 1.75. The number of amides is 2. The van der Waals surface area contributed by atoms with Gasteiger partial charge in [0.25, 0.3) is 5.91 Å². The molecule has 0 spiro atoms. The number of hydrogen-bond donors (Lipinski definition) is 3. The Kier molecular flexibility index (Phi) is 3.91. The van der Waals surface area contributed by atoms with E-state index >= 15 is 0 Å². The molecule has 0 aliphatic heterocycles. The van der Waals surface area contributed by atoms with Crippen molar-refractivity contribution in [2.45, 2.75) is 6.92 Å². The molecule has 0 fully saturated rings.